The van der Waals surface area contributed by atoms with Crippen molar-refractivity contribution in [2.45, 2.75) is 0 Å². The smallest absolute Gasteiger partial charge is 0.269 e. The number of aromatic nitrogens is 2. The van der Waals surface area contributed by atoms with Crippen molar-refractivity contribution in [3.63, 3.8) is 0 Å². The maximum Gasteiger partial charge on any atom is 0.269 e. The van der Waals surface area contributed by atoms with Crippen LogP contribution in [-0.4, -0.2) is 35.1 Å². The lowest BCUT2D eigenvalue weighted by atomic mass is 10.3. The van der Waals surface area contributed by atoms with E-state index in [1.807, 2.05) is 5.38 Å². The number of aromatic amines is 1. The van der Waals surface area contributed by atoms with E-state index in [1.54, 1.807) is 17.5 Å². The minimum Gasteiger partial charge on any atom is -0.350 e. The number of thiophene rings is 1. The maximum atomic E-state index is 11.5. The number of hydrogen-bond acceptors (Lipinski definition) is 4. The predicted molar refractivity (Wildman–Crippen MR) is 67.6 cm³/mol. The van der Waals surface area contributed by atoms with E-state index in [9.17, 15) is 9.59 Å². The highest BCUT2D eigenvalue weighted by molar-refractivity contribution is 7.08. The van der Waals surface area contributed by atoms with Gasteiger partial charge in [-0.1, -0.05) is 0 Å². The van der Waals surface area contributed by atoms with Gasteiger partial charge in [0.2, 0.25) is 0 Å². The Morgan fingerprint density at radius 2 is 2.00 bits per heavy atom. The van der Waals surface area contributed by atoms with Crippen LogP contribution in [0.5, 0.6) is 0 Å². The van der Waals surface area contributed by atoms with Crippen molar-refractivity contribution in [1.29, 1.82) is 0 Å². The Morgan fingerprint density at radius 3 is 2.61 bits per heavy atom. The van der Waals surface area contributed by atoms with Crippen LogP contribution in [0.15, 0.2) is 29.1 Å². The van der Waals surface area contributed by atoms with E-state index in [1.165, 1.54) is 17.5 Å². The minimum atomic E-state index is -0.239. The van der Waals surface area contributed by atoms with Crippen molar-refractivity contribution in [3.8, 4) is 0 Å². The van der Waals surface area contributed by atoms with Crippen LogP contribution >= 0.6 is 11.3 Å². The van der Waals surface area contributed by atoms with Gasteiger partial charge < -0.3 is 10.6 Å². The fourth-order valence-corrected chi connectivity index (χ4v) is 1.96. The SMILES string of the molecule is O=C(NCCNC(=O)c1ccn[nH]1)c1ccsc1. The molecule has 0 aliphatic rings. The van der Waals surface area contributed by atoms with Crippen LogP contribution < -0.4 is 10.6 Å². The van der Waals surface area contributed by atoms with Crippen LogP contribution in [0.25, 0.3) is 0 Å². The van der Waals surface area contributed by atoms with E-state index in [-0.39, 0.29) is 11.8 Å². The Hall–Kier alpha value is -2.15. The number of nitrogens with zero attached hydrogens (tertiary/aromatic N) is 1. The van der Waals surface area contributed by atoms with Gasteiger partial charge in [-0.3, -0.25) is 14.7 Å². The summed E-state index contributed by atoms with van der Waals surface area (Å²) in [7, 11) is 0. The first-order chi connectivity index (χ1) is 8.77. The molecule has 94 valence electrons. The third kappa shape index (κ3) is 3.17. The van der Waals surface area contributed by atoms with Gasteiger partial charge in [0, 0.05) is 30.2 Å². The molecule has 2 aromatic rings. The van der Waals surface area contributed by atoms with Crippen molar-refractivity contribution in [2.75, 3.05) is 13.1 Å². The molecule has 7 heteroatoms. The van der Waals surface area contributed by atoms with E-state index < -0.39 is 0 Å². The molecule has 0 unspecified atom stereocenters. The number of carbonyl (C=O) groups excluding carboxylic acids is 2. The lowest BCUT2D eigenvalue weighted by Crippen LogP contribution is -2.34. The van der Waals surface area contributed by atoms with Gasteiger partial charge in [-0.05, 0) is 17.5 Å². The first kappa shape index (κ1) is 12.3. The highest BCUT2D eigenvalue weighted by Gasteiger charge is 2.07. The van der Waals surface area contributed by atoms with E-state index in [0.717, 1.165) is 0 Å². The second-order valence-corrected chi connectivity index (χ2v) is 4.27. The molecule has 0 radical (unpaired) electrons. The number of H-pyrrole nitrogens is 1. The average molecular weight is 264 g/mol. The molecule has 2 rings (SSSR count). The molecular weight excluding hydrogens is 252 g/mol. The number of rotatable bonds is 5. The molecule has 6 nitrogen and oxygen atoms in total. The zero-order chi connectivity index (χ0) is 12.8. The summed E-state index contributed by atoms with van der Waals surface area (Å²) >= 11 is 1.47. The fourth-order valence-electron chi connectivity index (χ4n) is 1.33. The van der Waals surface area contributed by atoms with Gasteiger partial charge in [-0.25, -0.2) is 0 Å². The first-order valence-corrected chi connectivity index (χ1v) is 6.29. The normalized spacial score (nSPS) is 10.0. The molecule has 2 amide bonds. The molecule has 3 N–H and O–H groups in total. The summed E-state index contributed by atoms with van der Waals surface area (Å²) in [6, 6.07) is 3.34. The fraction of sp³-hybridized carbons (Fsp3) is 0.182. The van der Waals surface area contributed by atoms with Gasteiger partial charge in [0.05, 0.1) is 0 Å². The van der Waals surface area contributed by atoms with Crippen LogP contribution in [0.3, 0.4) is 0 Å². The summed E-state index contributed by atoms with van der Waals surface area (Å²) in [6.45, 7) is 0.752. The number of carbonyl (C=O) groups is 2. The molecule has 0 aliphatic heterocycles. The quantitative estimate of drug-likeness (QED) is 0.692. The topological polar surface area (TPSA) is 86.9 Å². The number of nitrogens with one attached hydrogen (secondary N) is 3. The molecular formula is C11H12N4O2S. The predicted octanol–water partition coefficient (Wildman–Crippen LogP) is 0.631. The van der Waals surface area contributed by atoms with Crippen molar-refractivity contribution < 1.29 is 9.59 Å². The average Bonchev–Trinajstić information content (AvgIpc) is 3.05. The summed E-state index contributed by atoms with van der Waals surface area (Å²) < 4.78 is 0. The molecule has 0 aromatic carbocycles. The standard InChI is InChI=1S/C11H12N4O2S/c16-10(8-2-6-18-7-8)12-4-5-13-11(17)9-1-3-14-15-9/h1-3,6-7H,4-5H2,(H,12,16)(H,13,17)(H,14,15). The van der Waals surface area contributed by atoms with Crippen molar-refractivity contribution >= 4 is 23.2 Å². The van der Waals surface area contributed by atoms with Crippen LogP contribution in [0, 0.1) is 0 Å². The van der Waals surface area contributed by atoms with Crippen LogP contribution in [0.1, 0.15) is 20.8 Å². The third-order valence-corrected chi connectivity index (χ3v) is 2.91. The van der Waals surface area contributed by atoms with Crippen LogP contribution in [-0.2, 0) is 0 Å². The molecule has 2 aromatic heterocycles. The Kier molecular flexibility index (Phi) is 4.08. The second kappa shape index (κ2) is 5.97. The molecule has 0 saturated heterocycles. The molecule has 0 atom stereocenters. The first-order valence-electron chi connectivity index (χ1n) is 5.35. The lowest BCUT2D eigenvalue weighted by Gasteiger charge is -2.05. The maximum absolute atomic E-state index is 11.5. The van der Waals surface area contributed by atoms with Crippen LogP contribution in [0.4, 0.5) is 0 Å². The Morgan fingerprint density at radius 1 is 1.22 bits per heavy atom. The van der Waals surface area contributed by atoms with Gasteiger partial charge in [0.15, 0.2) is 0 Å². The molecule has 0 bridgehead atoms. The zero-order valence-corrected chi connectivity index (χ0v) is 10.3. The zero-order valence-electron chi connectivity index (χ0n) is 9.47. The minimum absolute atomic E-state index is 0.132. The Balaban J connectivity index is 1.67. The van der Waals surface area contributed by atoms with E-state index in [2.05, 4.69) is 20.8 Å². The molecule has 0 fully saturated rings. The second-order valence-electron chi connectivity index (χ2n) is 3.49. The molecule has 18 heavy (non-hydrogen) atoms. The Labute approximate surface area is 107 Å². The van der Waals surface area contributed by atoms with E-state index in [0.29, 0.717) is 24.3 Å². The number of hydrogen-bond donors (Lipinski definition) is 3. The van der Waals surface area contributed by atoms with Crippen molar-refractivity contribution in [2.24, 2.45) is 0 Å². The number of amides is 2. The Bertz CT molecular complexity index is 459. The summed E-state index contributed by atoms with van der Waals surface area (Å²) in [5.74, 6) is -0.371. The van der Waals surface area contributed by atoms with E-state index >= 15 is 0 Å². The van der Waals surface area contributed by atoms with Crippen molar-refractivity contribution in [1.82, 2.24) is 20.8 Å². The molecule has 0 saturated carbocycles. The summed E-state index contributed by atoms with van der Waals surface area (Å²) in [5, 5.41) is 15.2. The summed E-state index contributed by atoms with van der Waals surface area (Å²) in [6.07, 6.45) is 1.51. The molecule has 0 spiro atoms. The highest BCUT2D eigenvalue weighted by Crippen LogP contribution is 2.04. The van der Waals surface area contributed by atoms with Gasteiger partial charge in [0.1, 0.15) is 5.69 Å². The van der Waals surface area contributed by atoms with Gasteiger partial charge in [-0.15, -0.1) is 0 Å². The van der Waals surface area contributed by atoms with E-state index in [4.69, 9.17) is 0 Å². The van der Waals surface area contributed by atoms with Gasteiger partial charge in [-0.2, -0.15) is 16.4 Å². The van der Waals surface area contributed by atoms with Crippen molar-refractivity contribution in [3.05, 3.63) is 40.3 Å². The van der Waals surface area contributed by atoms with Gasteiger partial charge >= 0.3 is 0 Å². The third-order valence-electron chi connectivity index (χ3n) is 2.22. The van der Waals surface area contributed by atoms with Gasteiger partial charge in [0.25, 0.3) is 11.8 Å². The monoisotopic (exact) mass is 264 g/mol. The summed E-state index contributed by atoms with van der Waals surface area (Å²) in [4.78, 5) is 23.0. The molecule has 0 aliphatic carbocycles. The van der Waals surface area contributed by atoms with Crippen LogP contribution in [0.2, 0.25) is 0 Å². The highest BCUT2D eigenvalue weighted by atomic mass is 32.1. The summed E-state index contributed by atoms with van der Waals surface area (Å²) in [5.41, 5.74) is 1.04. The molecule has 2 heterocycles. The largest absolute Gasteiger partial charge is 0.350 e. The lowest BCUT2D eigenvalue weighted by molar-refractivity contribution is 0.0925.